The highest BCUT2D eigenvalue weighted by molar-refractivity contribution is 7.09. The van der Waals surface area contributed by atoms with Crippen LogP contribution < -0.4 is 4.90 Å². The number of hydrogen-bond donors (Lipinski definition) is 2. The van der Waals surface area contributed by atoms with Gasteiger partial charge >= 0.3 is 0 Å². The minimum absolute atomic E-state index is 0.0233. The highest BCUT2D eigenvalue weighted by Gasteiger charge is 2.39. The van der Waals surface area contributed by atoms with Crippen LogP contribution >= 0.6 is 11.3 Å². The van der Waals surface area contributed by atoms with Crippen molar-refractivity contribution in [1.29, 1.82) is 0 Å². The molecule has 1 amide bonds. The van der Waals surface area contributed by atoms with Crippen molar-refractivity contribution in [2.75, 3.05) is 4.90 Å². The first-order valence-electron chi connectivity index (χ1n) is 10.4. The maximum atomic E-state index is 12.5. The van der Waals surface area contributed by atoms with Crippen molar-refractivity contribution in [3.05, 3.63) is 52.2 Å². The fourth-order valence-electron chi connectivity index (χ4n) is 3.98. The Hall–Kier alpha value is -1.69. The largest absolute Gasteiger partial charge is 0.390 e. The highest BCUT2D eigenvalue weighted by Crippen LogP contribution is 2.31. The molecular formula is C23H31NO3S. The van der Waals surface area contributed by atoms with E-state index in [0.717, 1.165) is 56.2 Å². The van der Waals surface area contributed by atoms with E-state index in [0.29, 0.717) is 0 Å². The lowest BCUT2D eigenvalue weighted by Crippen LogP contribution is -2.37. The molecule has 1 fully saturated rings. The van der Waals surface area contributed by atoms with Crippen LogP contribution in [-0.4, -0.2) is 28.3 Å². The first-order chi connectivity index (χ1) is 13.6. The number of aliphatic hydroxyl groups excluding tert-OH is 2. The molecule has 1 saturated heterocycles. The van der Waals surface area contributed by atoms with Gasteiger partial charge in [0.25, 0.3) is 0 Å². The smallest absolute Gasteiger partial charge is 0.230 e. The van der Waals surface area contributed by atoms with E-state index in [-0.39, 0.29) is 18.4 Å². The molecule has 0 radical (unpaired) electrons. The first-order valence-corrected chi connectivity index (χ1v) is 11.3. The summed E-state index contributed by atoms with van der Waals surface area (Å²) in [6, 6.07) is 11.6. The van der Waals surface area contributed by atoms with Gasteiger partial charge in [-0.05, 0) is 54.8 Å². The van der Waals surface area contributed by atoms with E-state index in [2.05, 4.69) is 24.4 Å². The van der Waals surface area contributed by atoms with Crippen molar-refractivity contribution in [1.82, 2.24) is 0 Å². The van der Waals surface area contributed by atoms with E-state index in [9.17, 15) is 15.0 Å². The lowest BCUT2D eigenvalue weighted by atomic mass is 10.0. The number of hydrogen-bond acceptors (Lipinski definition) is 4. The number of rotatable bonds is 10. The van der Waals surface area contributed by atoms with Crippen molar-refractivity contribution in [2.24, 2.45) is 0 Å². The molecule has 5 heteroatoms. The predicted molar refractivity (Wildman–Crippen MR) is 115 cm³/mol. The zero-order valence-corrected chi connectivity index (χ0v) is 17.4. The molecule has 2 heterocycles. The minimum Gasteiger partial charge on any atom is -0.390 e. The molecule has 3 atom stereocenters. The monoisotopic (exact) mass is 401 g/mol. The number of aryl methyl sites for hydroxylation is 1. The number of unbranched alkanes of at least 4 members (excludes halogenated alkanes) is 2. The van der Waals surface area contributed by atoms with Crippen molar-refractivity contribution in [2.45, 2.75) is 76.5 Å². The van der Waals surface area contributed by atoms with Crippen molar-refractivity contribution >= 4 is 22.9 Å². The number of nitrogens with zero attached hydrogens (tertiary/aromatic N) is 1. The summed E-state index contributed by atoms with van der Waals surface area (Å²) >= 11 is 1.75. The third-order valence-electron chi connectivity index (χ3n) is 5.57. The van der Waals surface area contributed by atoms with E-state index < -0.39 is 12.2 Å². The molecule has 1 aliphatic heterocycles. The van der Waals surface area contributed by atoms with Crippen LogP contribution in [0.1, 0.15) is 68.4 Å². The van der Waals surface area contributed by atoms with Crippen LogP contribution in [0.5, 0.6) is 0 Å². The van der Waals surface area contributed by atoms with E-state index in [1.807, 2.05) is 24.3 Å². The maximum Gasteiger partial charge on any atom is 0.230 e. The van der Waals surface area contributed by atoms with Crippen molar-refractivity contribution in [3.63, 3.8) is 0 Å². The Morgan fingerprint density at radius 3 is 2.64 bits per heavy atom. The van der Waals surface area contributed by atoms with Gasteiger partial charge in [0.05, 0.1) is 24.7 Å². The number of anilines is 1. The summed E-state index contributed by atoms with van der Waals surface area (Å²) in [5.74, 6) is -0.0233. The molecule has 2 N–H and O–H groups in total. The molecule has 3 rings (SSSR count). The molecule has 152 valence electrons. The molecule has 0 saturated carbocycles. The summed E-state index contributed by atoms with van der Waals surface area (Å²) in [6.07, 6.45) is 5.87. The number of carbonyl (C=O) groups excluding carboxylic acids is 1. The second-order valence-electron chi connectivity index (χ2n) is 7.68. The number of thiophene rings is 1. The van der Waals surface area contributed by atoms with Gasteiger partial charge < -0.3 is 15.1 Å². The summed E-state index contributed by atoms with van der Waals surface area (Å²) in [5.41, 5.74) is 1.70. The molecule has 0 spiro atoms. The minimum atomic E-state index is -0.616. The lowest BCUT2D eigenvalue weighted by molar-refractivity contribution is -0.117. The lowest BCUT2D eigenvalue weighted by Gasteiger charge is -2.27. The predicted octanol–water partition coefficient (Wildman–Crippen LogP) is 4.85. The van der Waals surface area contributed by atoms with Gasteiger partial charge in [0.15, 0.2) is 0 Å². The summed E-state index contributed by atoms with van der Waals surface area (Å²) in [4.78, 5) is 15.6. The van der Waals surface area contributed by atoms with E-state index in [4.69, 9.17) is 0 Å². The van der Waals surface area contributed by atoms with Crippen molar-refractivity contribution in [3.8, 4) is 0 Å². The Balaban J connectivity index is 1.62. The Morgan fingerprint density at radius 1 is 1.18 bits per heavy atom. The van der Waals surface area contributed by atoms with Crippen LogP contribution in [0, 0.1) is 0 Å². The van der Waals surface area contributed by atoms with E-state index in [1.165, 1.54) is 4.88 Å². The Labute approximate surface area is 171 Å². The fourth-order valence-corrected chi connectivity index (χ4v) is 4.73. The van der Waals surface area contributed by atoms with Gasteiger partial charge in [0.1, 0.15) is 0 Å². The zero-order chi connectivity index (χ0) is 19.9. The van der Waals surface area contributed by atoms with Gasteiger partial charge in [0, 0.05) is 10.6 Å². The molecule has 1 aliphatic rings. The van der Waals surface area contributed by atoms with Crippen LogP contribution in [0.15, 0.2) is 41.8 Å². The summed E-state index contributed by atoms with van der Waals surface area (Å²) in [6.45, 7) is 2.15. The molecule has 2 aromatic rings. The number of benzene rings is 1. The summed E-state index contributed by atoms with van der Waals surface area (Å²) < 4.78 is 0. The molecule has 28 heavy (non-hydrogen) atoms. The molecule has 1 aromatic carbocycles. The van der Waals surface area contributed by atoms with Gasteiger partial charge in [-0.1, -0.05) is 44.4 Å². The summed E-state index contributed by atoms with van der Waals surface area (Å²) in [5, 5.41) is 22.8. The quantitative estimate of drug-likeness (QED) is 0.560. The number of aliphatic hydroxyl groups is 2. The SMILES string of the molecule is CCCCCC(O)c1ccc(N2C(=O)C[C@@H](O)[C@@H]2CCCc2cccs2)cc1. The average molecular weight is 402 g/mol. The van der Waals surface area contributed by atoms with Crippen LogP contribution in [0.3, 0.4) is 0 Å². The van der Waals surface area contributed by atoms with Crippen LogP contribution in [0.4, 0.5) is 5.69 Å². The Kier molecular flexibility index (Phi) is 7.65. The average Bonchev–Trinajstić information content (AvgIpc) is 3.30. The summed E-state index contributed by atoms with van der Waals surface area (Å²) in [7, 11) is 0. The van der Waals surface area contributed by atoms with Crippen LogP contribution in [0.25, 0.3) is 0 Å². The fraction of sp³-hybridized carbons (Fsp3) is 0.522. The van der Waals surface area contributed by atoms with Crippen LogP contribution in [0.2, 0.25) is 0 Å². The molecule has 0 aliphatic carbocycles. The normalized spacial score (nSPS) is 20.7. The Morgan fingerprint density at radius 2 is 1.96 bits per heavy atom. The van der Waals surface area contributed by atoms with E-state index in [1.54, 1.807) is 16.2 Å². The van der Waals surface area contributed by atoms with Gasteiger partial charge in [-0.3, -0.25) is 4.79 Å². The third kappa shape index (κ3) is 5.22. The van der Waals surface area contributed by atoms with Gasteiger partial charge in [0.2, 0.25) is 5.91 Å². The topological polar surface area (TPSA) is 60.8 Å². The van der Waals surface area contributed by atoms with Crippen molar-refractivity contribution < 1.29 is 15.0 Å². The standard InChI is InChI=1S/C23H31NO3S/c1-2-3-4-10-21(25)17-11-13-18(14-12-17)24-20(22(26)16-23(24)27)9-5-7-19-8-6-15-28-19/h6,8,11-15,20-22,25-26H,2-5,7,9-10,16H2,1H3/t20-,21?,22+/m0/s1. The Bertz CT molecular complexity index is 729. The third-order valence-corrected chi connectivity index (χ3v) is 6.50. The molecular weight excluding hydrogens is 370 g/mol. The number of carbonyl (C=O) groups is 1. The molecule has 1 aromatic heterocycles. The molecule has 4 nitrogen and oxygen atoms in total. The second-order valence-corrected chi connectivity index (χ2v) is 8.71. The maximum absolute atomic E-state index is 12.5. The van der Waals surface area contributed by atoms with E-state index >= 15 is 0 Å². The van der Waals surface area contributed by atoms with Gasteiger partial charge in [-0.25, -0.2) is 0 Å². The number of amides is 1. The molecule has 0 bridgehead atoms. The zero-order valence-electron chi connectivity index (χ0n) is 16.6. The van der Waals surface area contributed by atoms with Gasteiger partial charge in [-0.2, -0.15) is 0 Å². The van der Waals surface area contributed by atoms with Crippen LogP contribution in [-0.2, 0) is 11.2 Å². The second kappa shape index (κ2) is 10.2. The first kappa shape index (κ1) is 21.0. The molecule has 1 unspecified atom stereocenters. The highest BCUT2D eigenvalue weighted by atomic mass is 32.1. The van der Waals surface area contributed by atoms with Gasteiger partial charge in [-0.15, -0.1) is 11.3 Å².